The molecule has 7 heteroatoms. The number of para-hydroxylation sites is 1. The number of carboxylic acid groups (broad SMARTS) is 1. The number of hydrazone groups is 1. The van der Waals surface area contributed by atoms with E-state index in [0.29, 0.717) is 34.3 Å². The van der Waals surface area contributed by atoms with Crippen molar-refractivity contribution >= 4 is 29.5 Å². The number of ether oxygens (including phenoxy) is 1. The summed E-state index contributed by atoms with van der Waals surface area (Å²) in [4.78, 5) is 10.5. The molecule has 2 rings (SSSR count). The van der Waals surface area contributed by atoms with Gasteiger partial charge in [0.25, 0.3) is 0 Å². The van der Waals surface area contributed by atoms with Gasteiger partial charge in [0.2, 0.25) is 0 Å². The highest BCUT2D eigenvalue weighted by atomic mass is 32.1. The van der Waals surface area contributed by atoms with Gasteiger partial charge in [-0.2, -0.15) is 5.10 Å². The molecule has 0 amide bonds. The minimum atomic E-state index is -1.27. The van der Waals surface area contributed by atoms with E-state index in [-0.39, 0.29) is 0 Å². The number of hydrogen-bond donors (Lipinski definition) is 2. The summed E-state index contributed by atoms with van der Waals surface area (Å²) in [5.41, 5.74) is 3.46. The highest BCUT2D eigenvalue weighted by Crippen LogP contribution is 2.29. The van der Waals surface area contributed by atoms with E-state index in [1.165, 1.54) is 12.8 Å². The lowest BCUT2D eigenvalue weighted by atomic mass is 9.78. The van der Waals surface area contributed by atoms with Crippen molar-refractivity contribution in [3.05, 3.63) is 29.8 Å². The molecule has 1 saturated carbocycles. The van der Waals surface area contributed by atoms with E-state index < -0.39 is 12.6 Å². The molecule has 1 fully saturated rings. The number of nitrogens with one attached hydrogen (secondary N) is 2. The van der Waals surface area contributed by atoms with Crippen molar-refractivity contribution in [2.24, 2.45) is 16.9 Å². The van der Waals surface area contributed by atoms with Crippen molar-refractivity contribution in [3.63, 3.8) is 0 Å². The average molecular weight is 362 g/mol. The molecule has 1 aliphatic rings. The average Bonchev–Trinajstić information content (AvgIpc) is 2.58. The Labute approximate surface area is 153 Å². The van der Waals surface area contributed by atoms with E-state index >= 15 is 0 Å². The zero-order valence-electron chi connectivity index (χ0n) is 14.5. The topological polar surface area (TPSA) is 85.8 Å². The van der Waals surface area contributed by atoms with Gasteiger partial charge in [-0.3, -0.25) is 5.43 Å². The molecule has 1 aliphatic carbocycles. The van der Waals surface area contributed by atoms with E-state index in [1.54, 1.807) is 24.4 Å². The summed E-state index contributed by atoms with van der Waals surface area (Å²) in [6.45, 7) is 4.02. The SMILES string of the molecule is C[C@H]1[C@@H](NC(=S)N/N=C\c2ccccc2OCC(=O)[O-])CCC[C@@H]1C. The fourth-order valence-corrected chi connectivity index (χ4v) is 3.21. The molecule has 25 heavy (non-hydrogen) atoms. The van der Waals surface area contributed by atoms with Crippen LogP contribution in [0.25, 0.3) is 0 Å². The van der Waals surface area contributed by atoms with Gasteiger partial charge in [-0.1, -0.05) is 38.8 Å². The molecular weight excluding hydrogens is 338 g/mol. The van der Waals surface area contributed by atoms with E-state index in [1.807, 2.05) is 6.07 Å². The second-order valence-corrected chi connectivity index (χ2v) is 6.82. The van der Waals surface area contributed by atoms with Gasteiger partial charge in [-0.25, -0.2) is 0 Å². The van der Waals surface area contributed by atoms with Gasteiger partial charge in [0.1, 0.15) is 12.4 Å². The van der Waals surface area contributed by atoms with E-state index in [9.17, 15) is 9.90 Å². The molecule has 0 heterocycles. The molecular formula is C18H24N3O3S-. The Balaban J connectivity index is 1.88. The first kappa shape index (κ1) is 19.2. The monoisotopic (exact) mass is 362 g/mol. The summed E-state index contributed by atoms with van der Waals surface area (Å²) in [5, 5.41) is 18.4. The van der Waals surface area contributed by atoms with Crippen molar-refractivity contribution < 1.29 is 14.6 Å². The van der Waals surface area contributed by atoms with Gasteiger partial charge in [-0.05, 0) is 42.6 Å². The second-order valence-electron chi connectivity index (χ2n) is 6.42. The first-order valence-corrected chi connectivity index (χ1v) is 8.89. The molecule has 0 radical (unpaired) electrons. The van der Waals surface area contributed by atoms with Crippen LogP contribution in [0.5, 0.6) is 5.75 Å². The number of benzene rings is 1. The summed E-state index contributed by atoms with van der Waals surface area (Å²) in [6, 6.07) is 7.38. The third-order valence-electron chi connectivity index (χ3n) is 4.66. The zero-order chi connectivity index (χ0) is 18.2. The van der Waals surface area contributed by atoms with Crippen LogP contribution in [0.15, 0.2) is 29.4 Å². The third kappa shape index (κ3) is 6.01. The summed E-state index contributed by atoms with van der Waals surface area (Å²) in [5.74, 6) is 0.401. The molecule has 6 nitrogen and oxygen atoms in total. The molecule has 1 aromatic carbocycles. The van der Waals surface area contributed by atoms with Crippen molar-refractivity contribution in [1.29, 1.82) is 0 Å². The second kappa shape index (κ2) is 9.36. The maximum absolute atomic E-state index is 10.5. The van der Waals surface area contributed by atoms with Crippen LogP contribution in [-0.2, 0) is 4.79 Å². The number of carbonyl (C=O) groups is 1. The quantitative estimate of drug-likeness (QED) is 0.452. The number of thiocarbonyl (C=S) groups is 1. The van der Waals surface area contributed by atoms with E-state index in [4.69, 9.17) is 17.0 Å². The zero-order valence-corrected chi connectivity index (χ0v) is 15.3. The summed E-state index contributed by atoms with van der Waals surface area (Å²) in [6.07, 6.45) is 5.13. The van der Waals surface area contributed by atoms with Crippen molar-refractivity contribution in [2.45, 2.75) is 39.2 Å². The van der Waals surface area contributed by atoms with Crippen molar-refractivity contribution in [2.75, 3.05) is 6.61 Å². The van der Waals surface area contributed by atoms with Gasteiger partial charge in [0, 0.05) is 11.6 Å². The van der Waals surface area contributed by atoms with E-state index in [0.717, 1.165) is 6.42 Å². The van der Waals surface area contributed by atoms with Gasteiger partial charge in [0.15, 0.2) is 5.11 Å². The lowest BCUT2D eigenvalue weighted by Crippen LogP contribution is -2.46. The Kier molecular flexibility index (Phi) is 7.18. The molecule has 1 aromatic rings. The largest absolute Gasteiger partial charge is 0.546 e. The van der Waals surface area contributed by atoms with Crippen LogP contribution in [0, 0.1) is 11.8 Å². The fraction of sp³-hybridized carbons (Fsp3) is 0.500. The van der Waals surface area contributed by atoms with E-state index in [2.05, 4.69) is 29.7 Å². The normalized spacial score (nSPS) is 23.2. The van der Waals surface area contributed by atoms with Crippen LogP contribution in [0.1, 0.15) is 38.7 Å². The lowest BCUT2D eigenvalue weighted by molar-refractivity contribution is -0.307. The molecule has 3 atom stereocenters. The van der Waals surface area contributed by atoms with Gasteiger partial charge >= 0.3 is 0 Å². The van der Waals surface area contributed by atoms with Crippen molar-refractivity contribution in [3.8, 4) is 5.75 Å². The number of rotatable bonds is 6. The molecule has 0 saturated heterocycles. The maximum atomic E-state index is 10.5. The minimum absolute atomic E-state index is 0.359. The van der Waals surface area contributed by atoms with Crippen LogP contribution >= 0.6 is 12.2 Å². The van der Waals surface area contributed by atoms with Gasteiger partial charge < -0.3 is 20.0 Å². The van der Waals surface area contributed by atoms with Gasteiger partial charge in [0.05, 0.1) is 12.2 Å². The Morgan fingerprint density at radius 2 is 2.16 bits per heavy atom. The number of aliphatic carboxylic acids is 1. The first-order chi connectivity index (χ1) is 12.0. The van der Waals surface area contributed by atoms with Gasteiger partial charge in [-0.15, -0.1) is 0 Å². The highest BCUT2D eigenvalue weighted by molar-refractivity contribution is 7.80. The number of hydrogen-bond acceptors (Lipinski definition) is 5. The van der Waals surface area contributed by atoms with Crippen LogP contribution < -0.4 is 20.6 Å². The molecule has 0 bridgehead atoms. The molecule has 2 N–H and O–H groups in total. The smallest absolute Gasteiger partial charge is 0.187 e. The summed E-state index contributed by atoms with van der Waals surface area (Å²) >= 11 is 5.31. The Hall–Kier alpha value is -2.15. The molecule has 0 aromatic heterocycles. The predicted molar refractivity (Wildman–Crippen MR) is 99.4 cm³/mol. The maximum Gasteiger partial charge on any atom is 0.187 e. The minimum Gasteiger partial charge on any atom is -0.546 e. The highest BCUT2D eigenvalue weighted by Gasteiger charge is 2.27. The van der Waals surface area contributed by atoms with Crippen LogP contribution in [0.3, 0.4) is 0 Å². The standard InChI is InChI=1S/C18H25N3O3S/c1-12-6-5-8-15(13(12)2)20-18(25)21-19-10-14-7-3-4-9-16(14)24-11-17(22)23/h3-4,7,9-10,12-13,15H,5-6,8,11H2,1-2H3,(H,22,23)(H2,20,21,25)/p-1/b19-10-/t12-,13+,15-/m0/s1. The Morgan fingerprint density at radius 1 is 1.40 bits per heavy atom. The third-order valence-corrected chi connectivity index (χ3v) is 4.87. The number of carbonyl (C=O) groups excluding carboxylic acids is 1. The van der Waals surface area contributed by atoms with Crippen LogP contribution in [0.4, 0.5) is 0 Å². The summed E-state index contributed by atoms with van der Waals surface area (Å²) in [7, 11) is 0. The summed E-state index contributed by atoms with van der Waals surface area (Å²) < 4.78 is 5.17. The number of nitrogens with zero attached hydrogens (tertiary/aromatic N) is 1. The predicted octanol–water partition coefficient (Wildman–Crippen LogP) is 1.44. The molecule has 136 valence electrons. The van der Waals surface area contributed by atoms with Crippen LogP contribution in [0.2, 0.25) is 0 Å². The first-order valence-electron chi connectivity index (χ1n) is 8.48. The van der Waals surface area contributed by atoms with Crippen molar-refractivity contribution in [1.82, 2.24) is 10.7 Å². The number of carboxylic acids is 1. The molecule has 0 aliphatic heterocycles. The fourth-order valence-electron chi connectivity index (χ4n) is 3.00. The molecule has 0 spiro atoms. The molecule has 0 unspecified atom stereocenters. The van der Waals surface area contributed by atoms with Crippen LogP contribution in [-0.4, -0.2) is 29.9 Å². The Morgan fingerprint density at radius 3 is 2.92 bits per heavy atom. The Bertz CT molecular complexity index is 636. The lowest BCUT2D eigenvalue weighted by Gasteiger charge is -2.35.